The van der Waals surface area contributed by atoms with Crippen molar-refractivity contribution < 1.29 is 5.11 Å². The van der Waals surface area contributed by atoms with Crippen molar-refractivity contribution in [1.82, 2.24) is 15.2 Å². The van der Waals surface area contributed by atoms with E-state index in [0.717, 1.165) is 0 Å². The molecule has 0 saturated carbocycles. The fourth-order valence-corrected chi connectivity index (χ4v) is 0.848. The van der Waals surface area contributed by atoms with Crippen molar-refractivity contribution in [1.29, 1.82) is 0 Å². The zero-order chi connectivity index (χ0) is 11.6. The number of aryl methyl sites for hydroxylation is 1. The Morgan fingerprint density at radius 2 is 1.73 bits per heavy atom. The van der Waals surface area contributed by atoms with E-state index in [4.69, 9.17) is 5.11 Å². The maximum atomic E-state index is 10.2. The van der Waals surface area contributed by atoms with Crippen molar-refractivity contribution >= 4 is 0 Å². The summed E-state index contributed by atoms with van der Waals surface area (Å²) in [6.45, 7) is 3.12. The maximum Gasteiger partial charge on any atom is 0.340 e. The van der Waals surface area contributed by atoms with E-state index in [1.165, 1.54) is 6.92 Å². The number of aromatic hydroxyl groups is 1. The smallest absolute Gasteiger partial charge is 0.340 e. The first-order chi connectivity index (χ1) is 6.93. The van der Waals surface area contributed by atoms with Gasteiger partial charge in [0.25, 0.3) is 5.43 Å². The summed E-state index contributed by atoms with van der Waals surface area (Å²) in [6.07, 6.45) is 0. The van der Waals surface area contributed by atoms with E-state index in [1.807, 2.05) is 0 Å². The summed E-state index contributed by atoms with van der Waals surface area (Å²) in [7, 11) is 0. The number of hydrogen-bond donors (Lipinski definition) is 3. The minimum Gasteiger partial charge on any atom is -0.504 e. The lowest BCUT2D eigenvalue weighted by molar-refractivity contribution is 0.457. The van der Waals surface area contributed by atoms with Gasteiger partial charge in [0, 0.05) is 5.56 Å². The van der Waals surface area contributed by atoms with Crippen LogP contribution in [0.5, 0.6) is 5.75 Å². The molecular weight excluding hydrogens is 202 g/mol. The lowest BCUT2D eigenvalue weighted by atomic mass is 10.1. The van der Waals surface area contributed by atoms with Crippen molar-refractivity contribution in [2.24, 2.45) is 0 Å². The van der Waals surface area contributed by atoms with Crippen molar-refractivity contribution in [3.63, 3.8) is 0 Å². The first-order valence-corrected chi connectivity index (χ1v) is 4.03. The van der Waals surface area contributed by atoms with Gasteiger partial charge in [0.15, 0.2) is 5.75 Å². The van der Waals surface area contributed by atoms with Crippen LogP contribution in [0.25, 0.3) is 0 Å². The average molecular weight is 211 g/mol. The number of nitrogens with zero attached hydrogens (tertiary/aromatic N) is 1. The minimum atomic E-state index is -0.762. The number of hydrogen-bond acceptors (Lipinski definition) is 5. The van der Waals surface area contributed by atoms with E-state index < -0.39 is 10.9 Å². The predicted molar refractivity (Wildman–Crippen MR) is 51.7 cm³/mol. The highest BCUT2D eigenvalue weighted by atomic mass is 16.3. The van der Waals surface area contributed by atoms with Gasteiger partial charge in [-0.3, -0.25) is 14.6 Å². The number of rotatable bonds is 0. The van der Waals surface area contributed by atoms with Crippen molar-refractivity contribution in [2.45, 2.75) is 13.8 Å². The monoisotopic (exact) mass is 211 g/mol. The Balaban J connectivity index is 0.000000151. The second-order valence-corrected chi connectivity index (χ2v) is 2.89. The lowest BCUT2D eigenvalue weighted by Gasteiger charge is -1.94. The molecule has 0 atom stereocenters. The van der Waals surface area contributed by atoms with Crippen LogP contribution in [0, 0.1) is 13.8 Å². The van der Waals surface area contributed by atoms with Gasteiger partial charge in [0.2, 0.25) is 5.43 Å². The highest BCUT2D eigenvalue weighted by Gasteiger charge is 2.13. The SMILES string of the molecule is Cc1c(O)c(=O)c1=O.Cc1n[nH]c(=O)[nH]1. The van der Waals surface area contributed by atoms with Crippen molar-refractivity contribution in [3.05, 3.63) is 42.3 Å². The standard InChI is InChI=1S/C5H4O3.C3H5N3O/c1-2-3(6)5(8)4(2)7;1-2-4-3(7)6-5-2/h6H,1H3;1H3,(H2,4,5,6,7). The summed E-state index contributed by atoms with van der Waals surface area (Å²) in [5, 5.41) is 14.2. The van der Waals surface area contributed by atoms with Gasteiger partial charge in [-0.05, 0) is 13.8 Å². The molecule has 7 heteroatoms. The Kier molecular flexibility index (Phi) is 2.84. The Bertz CT molecular complexity index is 556. The van der Waals surface area contributed by atoms with Crippen molar-refractivity contribution in [3.8, 4) is 5.75 Å². The van der Waals surface area contributed by atoms with E-state index >= 15 is 0 Å². The summed E-state index contributed by atoms with van der Waals surface area (Å²) in [6, 6.07) is 0. The van der Waals surface area contributed by atoms with E-state index in [0.29, 0.717) is 5.82 Å². The molecule has 2 aromatic rings. The van der Waals surface area contributed by atoms with Gasteiger partial charge in [-0.25, -0.2) is 9.89 Å². The second-order valence-electron chi connectivity index (χ2n) is 2.89. The fourth-order valence-electron chi connectivity index (χ4n) is 0.848. The third-order valence-corrected chi connectivity index (χ3v) is 1.74. The molecule has 0 amide bonds. The van der Waals surface area contributed by atoms with Gasteiger partial charge in [-0.1, -0.05) is 0 Å². The van der Waals surface area contributed by atoms with E-state index in [1.54, 1.807) is 6.92 Å². The summed E-state index contributed by atoms with van der Waals surface area (Å²) >= 11 is 0. The normalized spacial score (nSPS) is 9.73. The third-order valence-electron chi connectivity index (χ3n) is 1.74. The molecule has 0 saturated heterocycles. The van der Waals surface area contributed by atoms with Gasteiger partial charge in [0.05, 0.1) is 0 Å². The molecule has 0 aliphatic heterocycles. The van der Waals surface area contributed by atoms with Crippen LogP contribution in [0.3, 0.4) is 0 Å². The molecule has 1 aromatic carbocycles. The average Bonchev–Trinajstić information content (AvgIpc) is 2.60. The van der Waals surface area contributed by atoms with Crippen LogP contribution in [0.1, 0.15) is 11.4 Å². The molecule has 1 heterocycles. The topological polar surface area (TPSA) is 116 Å². The Labute approximate surface area is 83.1 Å². The zero-order valence-corrected chi connectivity index (χ0v) is 8.12. The minimum absolute atomic E-state index is 0.176. The molecule has 0 unspecified atom stereocenters. The molecule has 0 fully saturated rings. The van der Waals surface area contributed by atoms with Crippen LogP contribution in [0.2, 0.25) is 0 Å². The van der Waals surface area contributed by atoms with Crippen LogP contribution in [0.4, 0.5) is 0 Å². The van der Waals surface area contributed by atoms with Gasteiger partial charge < -0.3 is 5.11 Å². The summed E-state index contributed by atoms with van der Waals surface area (Å²) in [5.74, 6) is 0.236. The molecule has 7 nitrogen and oxygen atoms in total. The molecule has 2 rings (SSSR count). The molecule has 1 aromatic heterocycles. The van der Waals surface area contributed by atoms with Gasteiger partial charge in [-0.15, -0.1) is 0 Å². The Morgan fingerprint density at radius 1 is 1.13 bits per heavy atom. The van der Waals surface area contributed by atoms with Crippen LogP contribution >= 0.6 is 0 Å². The van der Waals surface area contributed by atoms with E-state index in [2.05, 4.69) is 15.2 Å². The fraction of sp³-hybridized carbons (Fsp3) is 0.250. The molecule has 0 bridgehead atoms. The quantitative estimate of drug-likeness (QED) is 0.468. The first kappa shape index (κ1) is 10.9. The van der Waals surface area contributed by atoms with Crippen LogP contribution in [-0.4, -0.2) is 20.3 Å². The summed E-state index contributed by atoms with van der Waals surface area (Å²) in [5.41, 5.74) is -1.41. The van der Waals surface area contributed by atoms with Gasteiger partial charge in [-0.2, -0.15) is 5.10 Å². The number of H-pyrrole nitrogens is 2. The second kappa shape index (κ2) is 3.91. The number of nitrogens with one attached hydrogen (secondary N) is 2. The van der Waals surface area contributed by atoms with Crippen LogP contribution in [-0.2, 0) is 0 Å². The third kappa shape index (κ3) is 2.19. The van der Waals surface area contributed by atoms with E-state index in [-0.39, 0.29) is 17.0 Å². The molecule has 0 aliphatic rings. The molecular formula is C8H9N3O4. The van der Waals surface area contributed by atoms with Crippen molar-refractivity contribution in [2.75, 3.05) is 0 Å². The number of aromatic amines is 2. The predicted octanol–water partition coefficient (Wildman–Crippen LogP) is -1.30. The molecule has 0 radical (unpaired) electrons. The summed E-state index contributed by atoms with van der Waals surface area (Å²) in [4.78, 5) is 32.9. The van der Waals surface area contributed by atoms with Crippen LogP contribution < -0.4 is 16.5 Å². The Hall–Kier alpha value is -2.18. The summed E-state index contributed by atoms with van der Waals surface area (Å²) < 4.78 is 0. The molecule has 0 aliphatic carbocycles. The maximum absolute atomic E-state index is 10.2. The number of aromatic nitrogens is 3. The molecule has 3 N–H and O–H groups in total. The zero-order valence-electron chi connectivity index (χ0n) is 8.12. The first-order valence-electron chi connectivity index (χ1n) is 4.03. The largest absolute Gasteiger partial charge is 0.504 e. The lowest BCUT2D eigenvalue weighted by Crippen LogP contribution is -2.32. The molecule has 80 valence electrons. The Morgan fingerprint density at radius 3 is 1.87 bits per heavy atom. The highest BCUT2D eigenvalue weighted by Crippen LogP contribution is 2.03. The van der Waals surface area contributed by atoms with Crippen LogP contribution in [0.15, 0.2) is 14.4 Å². The molecule has 0 spiro atoms. The highest BCUT2D eigenvalue weighted by molar-refractivity contribution is 5.36. The van der Waals surface area contributed by atoms with E-state index in [9.17, 15) is 14.4 Å². The van der Waals surface area contributed by atoms with Gasteiger partial charge >= 0.3 is 5.69 Å². The van der Waals surface area contributed by atoms with Gasteiger partial charge in [0.1, 0.15) is 5.82 Å². The molecule has 15 heavy (non-hydrogen) atoms.